The smallest absolute Gasteiger partial charge is 0.194 e. The van der Waals surface area contributed by atoms with Crippen LogP contribution in [0, 0.1) is 35.1 Å². The van der Waals surface area contributed by atoms with Crippen LogP contribution in [-0.2, 0) is 0 Å². The van der Waals surface area contributed by atoms with E-state index in [1.54, 1.807) is 6.07 Å². The summed E-state index contributed by atoms with van der Waals surface area (Å²) in [6.45, 7) is 8.33. The first kappa shape index (κ1) is 22.1. The first-order chi connectivity index (χ1) is 14.3. The van der Waals surface area contributed by atoms with Crippen molar-refractivity contribution < 1.29 is 17.6 Å². The van der Waals surface area contributed by atoms with Crippen molar-refractivity contribution in [3.63, 3.8) is 0 Å². The van der Waals surface area contributed by atoms with Crippen molar-refractivity contribution in [3.05, 3.63) is 89.5 Å². The summed E-state index contributed by atoms with van der Waals surface area (Å²) in [5.74, 6) is -3.60. The number of hydrogen-bond donors (Lipinski definition) is 0. The van der Waals surface area contributed by atoms with Crippen LogP contribution in [0.25, 0.3) is 16.7 Å². The molecule has 3 rings (SSSR count). The van der Waals surface area contributed by atoms with Crippen LogP contribution in [0.5, 0.6) is 0 Å². The van der Waals surface area contributed by atoms with E-state index in [0.717, 1.165) is 18.1 Å². The number of allylic oxidation sites excluding steroid dienone is 5. The van der Waals surface area contributed by atoms with Gasteiger partial charge in [0.25, 0.3) is 0 Å². The third kappa shape index (κ3) is 4.92. The van der Waals surface area contributed by atoms with Crippen LogP contribution in [0.3, 0.4) is 0 Å². The summed E-state index contributed by atoms with van der Waals surface area (Å²) in [5.41, 5.74) is 2.42. The number of benzene rings is 2. The Morgan fingerprint density at radius 2 is 1.53 bits per heavy atom. The lowest BCUT2D eigenvalue weighted by atomic mass is 9.79. The summed E-state index contributed by atoms with van der Waals surface area (Å²) in [7, 11) is 0. The molecule has 0 nitrogen and oxygen atoms in total. The van der Waals surface area contributed by atoms with Crippen LogP contribution < -0.4 is 0 Å². The van der Waals surface area contributed by atoms with Gasteiger partial charge >= 0.3 is 0 Å². The first-order valence-corrected chi connectivity index (χ1v) is 10.3. The third-order valence-corrected chi connectivity index (χ3v) is 5.93. The highest BCUT2D eigenvalue weighted by molar-refractivity contribution is 5.75. The van der Waals surface area contributed by atoms with E-state index in [2.05, 4.69) is 19.6 Å². The molecule has 1 aliphatic rings. The lowest BCUT2D eigenvalue weighted by Gasteiger charge is -2.27. The zero-order valence-electron chi connectivity index (χ0n) is 17.3. The Labute approximate surface area is 175 Å². The molecule has 0 heterocycles. The van der Waals surface area contributed by atoms with Gasteiger partial charge in [-0.25, -0.2) is 17.6 Å². The fourth-order valence-electron chi connectivity index (χ4n) is 4.01. The SMILES string of the molecule is C=C(/C=C\C(=C/C)C1CCC(C)CC1)c1ccc(-c2cc(F)c(F)c(F)c2)c(F)c1. The maximum atomic E-state index is 14.6. The largest absolute Gasteiger partial charge is 0.206 e. The Morgan fingerprint density at radius 3 is 2.10 bits per heavy atom. The Hall–Kier alpha value is -2.62. The fraction of sp³-hybridized carbons (Fsp3) is 0.308. The fourth-order valence-corrected chi connectivity index (χ4v) is 4.01. The molecule has 0 N–H and O–H groups in total. The molecule has 158 valence electrons. The summed E-state index contributed by atoms with van der Waals surface area (Å²) in [5, 5.41) is 0. The molecule has 0 spiro atoms. The van der Waals surface area contributed by atoms with E-state index >= 15 is 0 Å². The normalized spacial score (nSPS) is 20.0. The van der Waals surface area contributed by atoms with Gasteiger partial charge < -0.3 is 0 Å². The van der Waals surface area contributed by atoms with Crippen LogP contribution in [0.2, 0.25) is 0 Å². The van der Waals surface area contributed by atoms with E-state index in [4.69, 9.17) is 0 Å². The van der Waals surface area contributed by atoms with Gasteiger partial charge in [-0.1, -0.05) is 56.7 Å². The molecule has 0 radical (unpaired) electrons. The highest BCUT2D eigenvalue weighted by atomic mass is 19.2. The molecule has 30 heavy (non-hydrogen) atoms. The summed E-state index contributed by atoms with van der Waals surface area (Å²) >= 11 is 0. The first-order valence-electron chi connectivity index (χ1n) is 10.3. The minimum absolute atomic E-state index is 0.00111. The Balaban J connectivity index is 1.77. The van der Waals surface area contributed by atoms with E-state index in [0.29, 0.717) is 17.1 Å². The van der Waals surface area contributed by atoms with Crippen molar-refractivity contribution in [1.29, 1.82) is 0 Å². The highest BCUT2D eigenvalue weighted by Crippen LogP contribution is 2.34. The molecule has 0 unspecified atom stereocenters. The van der Waals surface area contributed by atoms with Crippen molar-refractivity contribution in [2.24, 2.45) is 11.8 Å². The molecule has 1 fully saturated rings. The molecule has 1 aliphatic carbocycles. The summed E-state index contributed by atoms with van der Waals surface area (Å²) in [6, 6.07) is 5.92. The summed E-state index contributed by atoms with van der Waals surface area (Å²) in [6.07, 6.45) is 10.8. The lowest BCUT2D eigenvalue weighted by molar-refractivity contribution is 0.323. The van der Waals surface area contributed by atoms with Crippen molar-refractivity contribution >= 4 is 5.57 Å². The zero-order valence-corrected chi connectivity index (χ0v) is 17.3. The zero-order chi connectivity index (χ0) is 21.8. The third-order valence-electron chi connectivity index (χ3n) is 5.93. The van der Waals surface area contributed by atoms with Crippen LogP contribution in [0.4, 0.5) is 17.6 Å². The van der Waals surface area contributed by atoms with Gasteiger partial charge in [0.2, 0.25) is 0 Å². The van der Waals surface area contributed by atoms with E-state index in [9.17, 15) is 17.6 Å². The molecule has 1 saturated carbocycles. The minimum atomic E-state index is -1.57. The average molecular weight is 414 g/mol. The standard InChI is InChI=1S/C26H26F4/c1-4-18(19-8-5-16(2)6-9-19)10-7-17(3)20-11-12-22(23(27)13-20)21-14-24(28)26(30)25(29)15-21/h4,7,10-16,19H,3,5-6,8-9H2,1-2H3/b10-7-,18-4+. The molecule has 4 heteroatoms. The van der Waals surface area contributed by atoms with E-state index in [1.165, 1.54) is 43.4 Å². The minimum Gasteiger partial charge on any atom is -0.206 e. The quantitative estimate of drug-likeness (QED) is 0.262. The van der Waals surface area contributed by atoms with Gasteiger partial charge in [0.15, 0.2) is 17.5 Å². The molecule has 0 aliphatic heterocycles. The second-order valence-electron chi connectivity index (χ2n) is 8.05. The van der Waals surface area contributed by atoms with Crippen molar-refractivity contribution in [2.75, 3.05) is 0 Å². The van der Waals surface area contributed by atoms with Crippen molar-refractivity contribution in [1.82, 2.24) is 0 Å². The van der Waals surface area contributed by atoms with Gasteiger partial charge in [0, 0.05) is 5.56 Å². The molecule has 0 bridgehead atoms. The molecule has 0 aromatic heterocycles. The molecule has 0 amide bonds. The molecule has 0 saturated heterocycles. The van der Waals surface area contributed by atoms with Gasteiger partial charge in [-0.3, -0.25) is 0 Å². The van der Waals surface area contributed by atoms with Gasteiger partial charge in [0.05, 0.1) is 0 Å². The van der Waals surface area contributed by atoms with Crippen LogP contribution in [0.15, 0.2) is 60.7 Å². The van der Waals surface area contributed by atoms with Gasteiger partial charge in [-0.2, -0.15) is 0 Å². The molecular formula is C26H26F4. The Kier molecular flexibility index (Phi) is 6.96. The number of rotatable bonds is 5. The number of halogens is 4. The van der Waals surface area contributed by atoms with Crippen LogP contribution >= 0.6 is 0 Å². The summed E-state index contributed by atoms with van der Waals surface area (Å²) in [4.78, 5) is 0. The van der Waals surface area contributed by atoms with Gasteiger partial charge in [-0.05, 0) is 72.1 Å². The topological polar surface area (TPSA) is 0 Å². The van der Waals surface area contributed by atoms with Crippen molar-refractivity contribution in [3.8, 4) is 11.1 Å². The monoisotopic (exact) mass is 414 g/mol. The van der Waals surface area contributed by atoms with Crippen molar-refractivity contribution in [2.45, 2.75) is 39.5 Å². The number of hydrogen-bond acceptors (Lipinski definition) is 0. The Bertz CT molecular complexity index is 969. The second-order valence-corrected chi connectivity index (χ2v) is 8.05. The van der Waals surface area contributed by atoms with E-state index < -0.39 is 23.3 Å². The molecule has 2 aromatic rings. The van der Waals surface area contributed by atoms with Crippen LogP contribution in [0.1, 0.15) is 45.1 Å². The predicted octanol–water partition coefficient (Wildman–Crippen LogP) is 8.25. The highest BCUT2D eigenvalue weighted by Gasteiger charge is 2.20. The van der Waals surface area contributed by atoms with E-state index in [-0.39, 0.29) is 11.1 Å². The second kappa shape index (κ2) is 9.46. The Morgan fingerprint density at radius 1 is 0.900 bits per heavy atom. The molecule has 2 aromatic carbocycles. The van der Waals surface area contributed by atoms with Gasteiger partial charge in [-0.15, -0.1) is 0 Å². The maximum absolute atomic E-state index is 14.6. The van der Waals surface area contributed by atoms with Gasteiger partial charge in [0.1, 0.15) is 5.82 Å². The maximum Gasteiger partial charge on any atom is 0.194 e. The molecular weight excluding hydrogens is 388 g/mol. The lowest BCUT2D eigenvalue weighted by Crippen LogP contribution is -2.13. The van der Waals surface area contributed by atoms with E-state index in [1.807, 2.05) is 19.1 Å². The molecule has 0 atom stereocenters. The summed E-state index contributed by atoms with van der Waals surface area (Å²) < 4.78 is 54.8. The average Bonchev–Trinajstić information content (AvgIpc) is 2.73. The van der Waals surface area contributed by atoms with Crippen LogP contribution in [-0.4, -0.2) is 0 Å². The predicted molar refractivity (Wildman–Crippen MR) is 115 cm³/mol.